The molecule has 4 aliphatic rings. The average molecular weight is 494 g/mol. The van der Waals surface area contributed by atoms with Crippen LogP contribution in [-0.2, 0) is 4.79 Å². The Morgan fingerprint density at radius 2 is 1.74 bits per heavy atom. The molecule has 4 fully saturated rings. The Morgan fingerprint density at radius 1 is 1.03 bits per heavy atom. The molecule has 0 saturated heterocycles. The molecule has 4 N–H and O–H groups in total. The molecular weight excluding hydrogens is 440 g/mol. The summed E-state index contributed by atoms with van der Waals surface area (Å²) < 4.78 is 0.838. The lowest BCUT2D eigenvalue weighted by atomic mass is 9.43. The van der Waals surface area contributed by atoms with Crippen molar-refractivity contribution in [2.24, 2.45) is 46.3 Å². The molecule has 4 rings (SSSR count). The fourth-order valence-electron chi connectivity index (χ4n) is 9.31. The van der Waals surface area contributed by atoms with Gasteiger partial charge in [-0.1, -0.05) is 20.8 Å². The SMILES string of the molecule is C[C@H](CCC(=O)NCC[N+](C)(C)C)[C@H]1CCC2C3C(C[C@H](O)[C@@]21C)[C@@]1(C)CC[C@@H](O)CC1C[C@H]3O. The van der Waals surface area contributed by atoms with Gasteiger partial charge in [0, 0.05) is 6.42 Å². The first-order chi connectivity index (χ1) is 16.3. The monoisotopic (exact) mass is 493 g/mol. The minimum Gasteiger partial charge on any atom is -0.393 e. The molecule has 6 nitrogen and oxygen atoms in total. The third-order valence-electron chi connectivity index (χ3n) is 11.5. The van der Waals surface area contributed by atoms with Crippen LogP contribution in [0.2, 0.25) is 0 Å². The van der Waals surface area contributed by atoms with Gasteiger partial charge in [-0.3, -0.25) is 4.79 Å². The van der Waals surface area contributed by atoms with E-state index >= 15 is 0 Å². The van der Waals surface area contributed by atoms with Gasteiger partial charge in [0.25, 0.3) is 0 Å². The normalized spacial score (nSPS) is 46.3. The quantitative estimate of drug-likeness (QED) is 0.410. The third-order valence-corrected chi connectivity index (χ3v) is 11.5. The van der Waals surface area contributed by atoms with Gasteiger partial charge in [-0.25, -0.2) is 0 Å². The van der Waals surface area contributed by atoms with Gasteiger partial charge in [0.05, 0.1) is 52.5 Å². The van der Waals surface area contributed by atoms with Crippen molar-refractivity contribution in [3.05, 3.63) is 0 Å². The number of hydrogen-bond acceptors (Lipinski definition) is 4. The van der Waals surface area contributed by atoms with Gasteiger partial charge in [-0.2, -0.15) is 0 Å². The smallest absolute Gasteiger partial charge is 0.220 e. The van der Waals surface area contributed by atoms with Crippen LogP contribution < -0.4 is 5.32 Å². The second kappa shape index (κ2) is 9.89. The van der Waals surface area contributed by atoms with E-state index in [-0.39, 0.29) is 41.0 Å². The summed E-state index contributed by atoms with van der Waals surface area (Å²) in [5, 5.41) is 36.5. The first-order valence-corrected chi connectivity index (χ1v) is 14.4. The Bertz CT molecular complexity index is 768. The maximum atomic E-state index is 12.5. The fraction of sp³-hybridized carbons (Fsp3) is 0.966. The summed E-state index contributed by atoms with van der Waals surface area (Å²) in [6.45, 7) is 8.57. The topological polar surface area (TPSA) is 89.8 Å². The van der Waals surface area contributed by atoms with E-state index < -0.39 is 0 Å². The molecule has 35 heavy (non-hydrogen) atoms. The summed E-state index contributed by atoms with van der Waals surface area (Å²) in [6, 6.07) is 0. The summed E-state index contributed by atoms with van der Waals surface area (Å²) in [4.78, 5) is 12.5. The van der Waals surface area contributed by atoms with Gasteiger partial charge in [0.1, 0.15) is 0 Å². The lowest BCUT2D eigenvalue weighted by Gasteiger charge is -2.63. The summed E-state index contributed by atoms with van der Waals surface area (Å²) in [5.74, 6) is 2.15. The van der Waals surface area contributed by atoms with Crippen molar-refractivity contribution in [3.63, 3.8) is 0 Å². The Hall–Kier alpha value is -0.690. The van der Waals surface area contributed by atoms with Gasteiger partial charge in [0.15, 0.2) is 0 Å². The van der Waals surface area contributed by atoms with E-state index in [1.165, 1.54) is 0 Å². The molecule has 6 heteroatoms. The molecule has 11 atom stereocenters. The zero-order valence-electron chi connectivity index (χ0n) is 23.2. The van der Waals surface area contributed by atoms with Gasteiger partial charge in [0.2, 0.25) is 5.91 Å². The number of hydrogen-bond donors (Lipinski definition) is 4. The van der Waals surface area contributed by atoms with E-state index in [0.717, 1.165) is 62.4 Å². The molecule has 0 aliphatic heterocycles. The van der Waals surface area contributed by atoms with Gasteiger partial charge in [-0.05, 0) is 97.7 Å². The number of nitrogens with one attached hydrogen (secondary N) is 1. The zero-order valence-corrected chi connectivity index (χ0v) is 23.2. The van der Waals surface area contributed by atoms with Crippen LogP contribution in [0.25, 0.3) is 0 Å². The van der Waals surface area contributed by atoms with Crippen LogP contribution in [-0.4, -0.2) is 78.3 Å². The fourth-order valence-corrected chi connectivity index (χ4v) is 9.31. The molecule has 1 amide bonds. The number of amides is 1. The predicted molar refractivity (Wildman–Crippen MR) is 138 cm³/mol. The molecule has 202 valence electrons. The summed E-state index contributed by atoms with van der Waals surface area (Å²) in [5.41, 5.74) is -0.0852. The highest BCUT2D eigenvalue weighted by Crippen LogP contribution is 2.68. The van der Waals surface area contributed by atoms with Crippen LogP contribution in [0, 0.1) is 46.3 Å². The lowest BCUT2D eigenvalue weighted by molar-refractivity contribution is -0.869. The molecule has 0 heterocycles. The van der Waals surface area contributed by atoms with Gasteiger partial charge >= 0.3 is 0 Å². The summed E-state index contributed by atoms with van der Waals surface area (Å²) >= 11 is 0. The molecule has 0 radical (unpaired) electrons. The average Bonchev–Trinajstić information content (AvgIpc) is 3.12. The van der Waals surface area contributed by atoms with Crippen LogP contribution >= 0.6 is 0 Å². The molecule has 0 bridgehead atoms. The van der Waals surface area contributed by atoms with Crippen molar-refractivity contribution < 1.29 is 24.6 Å². The van der Waals surface area contributed by atoms with Crippen molar-refractivity contribution in [2.45, 2.75) is 96.9 Å². The molecule has 0 aromatic rings. The number of aliphatic hydroxyl groups excluding tert-OH is 3. The lowest BCUT2D eigenvalue weighted by Crippen LogP contribution is -2.62. The highest BCUT2D eigenvalue weighted by atomic mass is 16.3. The number of rotatable bonds is 7. The standard InChI is InChI=1S/C29H52N2O4/c1-18(7-10-26(35)30-13-14-31(4,5)6)21-8-9-22-27-23(17-25(34)29(21,22)3)28(2)12-11-20(32)15-19(28)16-24(27)33/h18-25,27,32-34H,7-17H2,1-6H3/p+1/t18-,19?,20-,21-,22?,23?,24-,25+,27?,28+,29-/m1/s1. The van der Waals surface area contributed by atoms with Crippen molar-refractivity contribution in [1.29, 1.82) is 0 Å². The molecule has 0 spiro atoms. The van der Waals surface area contributed by atoms with E-state index in [9.17, 15) is 20.1 Å². The number of aliphatic hydroxyl groups is 3. The van der Waals surface area contributed by atoms with Gasteiger partial charge < -0.3 is 25.1 Å². The Balaban J connectivity index is 1.42. The zero-order chi connectivity index (χ0) is 25.8. The van der Waals surface area contributed by atoms with Gasteiger partial charge in [-0.15, -0.1) is 0 Å². The van der Waals surface area contributed by atoms with E-state index in [1.54, 1.807) is 0 Å². The first-order valence-electron chi connectivity index (χ1n) is 14.4. The van der Waals surface area contributed by atoms with E-state index in [0.29, 0.717) is 42.6 Å². The minimum atomic E-state index is -0.364. The number of quaternary nitrogens is 1. The van der Waals surface area contributed by atoms with Crippen LogP contribution in [0.5, 0.6) is 0 Å². The molecule has 0 aromatic heterocycles. The van der Waals surface area contributed by atoms with Crippen LogP contribution in [0.15, 0.2) is 0 Å². The van der Waals surface area contributed by atoms with Crippen molar-refractivity contribution in [1.82, 2.24) is 5.32 Å². The summed E-state index contributed by atoms with van der Waals surface area (Å²) in [7, 11) is 6.40. The number of likely N-dealkylation sites (N-methyl/N-ethyl adjacent to an activating group) is 1. The largest absolute Gasteiger partial charge is 0.393 e. The van der Waals surface area contributed by atoms with Crippen molar-refractivity contribution in [3.8, 4) is 0 Å². The highest BCUT2D eigenvalue weighted by Gasteiger charge is 2.65. The molecule has 4 aliphatic carbocycles. The molecule has 0 aromatic carbocycles. The highest BCUT2D eigenvalue weighted by molar-refractivity contribution is 5.75. The second-order valence-corrected chi connectivity index (χ2v) is 14.4. The molecule has 4 unspecified atom stereocenters. The number of carbonyl (C=O) groups excluding carboxylic acids is 1. The predicted octanol–water partition coefficient (Wildman–Crippen LogP) is 3.19. The Kier molecular flexibility index (Phi) is 7.72. The minimum absolute atomic E-state index is 0.110. The maximum absolute atomic E-state index is 12.5. The second-order valence-electron chi connectivity index (χ2n) is 14.4. The number of nitrogens with zero attached hydrogens (tertiary/aromatic N) is 1. The Labute approximate surface area is 213 Å². The van der Waals surface area contributed by atoms with Crippen LogP contribution in [0.1, 0.15) is 78.6 Å². The van der Waals surface area contributed by atoms with Crippen LogP contribution in [0.3, 0.4) is 0 Å². The third kappa shape index (κ3) is 5.06. The van der Waals surface area contributed by atoms with E-state index in [2.05, 4.69) is 47.2 Å². The van der Waals surface area contributed by atoms with E-state index in [4.69, 9.17) is 0 Å². The number of carbonyl (C=O) groups is 1. The first kappa shape index (κ1) is 27.3. The van der Waals surface area contributed by atoms with Crippen molar-refractivity contribution >= 4 is 5.91 Å². The van der Waals surface area contributed by atoms with E-state index in [1.807, 2.05) is 0 Å². The molecule has 4 saturated carbocycles. The number of fused-ring (bicyclic) bond motifs is 5. The molecular formula is C29H53N2O4+. The summed E-state index contributed by atoms with van der Waals surface area (Å²) in [6.07, 6.45) is 6.83. The Morgan fingerprint density at radius 3 is 2.43 bits per heavy atom. The van der Waals surface area contributed by atoms with Crippen LogP contribution in [0.4, 0.5) is 0 Å². The maximum Gasteiger partial charge on any atom is 0.220 e. The van der Waals surface area contributed by atoms with Crippen molar-refractivity contribution in [2.75, 3.05) is 34.2 Å².